The number of hydrogen-bond donors (Lipinski definition) is 0. The second-order valence-electron chi connectivity index (χ2n) is 11.9. The van der Waals surface area contributed by atoms with Gasteiger partial charge >= 0.3 is 6.09 Å². The van der Waals surface area contributed by atoms with E-state index in [-0.39, 0.29) is 36.2 Å². The van der Waals surface area contributed by atoms with Gasteiger partial charge in [0.1, 0.15) is 29.6 Å². The van der Waals surface area contributed by atoms with Crippen LogP contribution < -0.4 is 14.5 Å². The number of anilines is 2. The predicted molar refractivity (Wildman–Crippen MR) is 161 cm³/mol. The van der Waals surface area contributed by atoms with Crippen LogP contribution in [0.5, 0.6) is 5.75 Å². The molecule has 1 saturated heterocycles. The fourth-order valence-corrected chi connectivity index (χ4v) is 6.58. The average molecular weight is 605 g/mol. The number of hydrogen-bond acceptors (Lipinski definition) is 8. The molecule has 224 valence electrons. The zero-order valence-corrected chi connectivity index (χ0v) is 25.1. The Hall–Kier alpha value is -4.10. The quantitative estimate of drug-likeness (QED) is 0.350. The van der Waals surface area contributed by atoms with Crippen LogP contribution >= 0.6 is 11.6 Å². The molecule has 11 heteroatoms. The molecule has 2 atom stereocenters. The molecular weight excluding hydrogens is 571 g/mol. The highest BCUT2D eigenvalue weighted by atomic mass is 35.5. The van der Waals surface area contributed by atoms with Crippen LogP contribution in [0.2, 0.25) is 5.28 Å². The normalized spacial score (nSPS) is 20.9. The number of nitriles is 1. The highest BCUT2D eigenvalue weighted by Crippen LogP contribution is 2.41. The molecule has 0 N–H and O–H groups in total. The number of amides is 1. The van der Waals surface area contributed by atoms with Crippen molar-refractivity contribution in [3.63, 3.8) is 0 Å². The maximum absolute atomic E-state index is 14.3. The molecule has 1 fully saturated rings. The smallest absolute Gasteiger partial charge is 0.410 e. The molecule has 1 aromatic heterocycles. The number of aromatic nitrogens is 2. The van der Waals surface area contributed by atoms with Crippen LogP contribution in [0.3, 0.4) is 0 Å². The average Bonchev–Trinajstić information content (AvgIpc) is 2.99. The minimum absolute atomic E-state index is 0.0811. The van der Waals surface area contributed by atoms with Crippen molar-refractivity contribution in [2.45, 2.75) is 63.8 Å². The molecule has 0 bridgehead atoms. The van der Waals surface area contributed by atoms with Crippen LogP contribution in [0.15, 0.2) is 48.5 Å². The first-order valence-electron chi connectivity index (χ1n) is 14.6. The zero-order chi connectivity index (χ0) is 30.1. The standard InChI is InChI=1S/C32H34ClFN6O3/c1-32(2)20-40(27-16-22(34)8-11-28(27)43-32)23-9-10-25-26(17-23)36-30(33)37-29(25)38-14-15-39(24(18-38)12-13-35)31(41)42-19-21-6-4-3-5-7-21/h3-8,11,16,23-24H,9-10,12,14-15,17-20H2,1-2H3/t23-,24-/m0/s1. The first-order valence-corrected chi connectivity index (χ1v) is 15.0. The Balaban J connectivity index is 1.20. The summed E-state index contributed by atoms with van der Waals surface area (Å²) in [5, 5.41) is 9.72. The molecule has 6 rings (SSSR count). The molecule has 0 saturated carbocycles. The number of fused-ring (bicyclic) bond motifs is 2. The van der Waals surface area contributed by atoms with Crippen LogP contribution in [0, 0.1) is 17.1 Å². The first-order chi connectivity index (χ1) is 20.7. The van der Waals surface area contributed by atoms with E-state index in [0.717, 1.165) is 41.2 Å². The van der Waals surface area contributed by atoms with Crippen molar-refractivity contribution in [3.8, 4) is 11.8 Å². The third-order valence-electron chi connectivity index (χ3n) is 8.36. The lowest BCUT2D eigenvalue weighted by atomic mass is 9.89. The number of halogens is 2. The van der Waals surface area contributed by atoms with Crippen molar-refractivity contribution in [1.29, 1.82) is 5.26 Å². The number of rotatable bonds is 5. The van der Waals surface area contributed by atoms with Gasteiger partial charge in [-0.15, -0.1) is 0 Å². The SMILES string of the molecule is CC1(C)CN([C@H]2CCc3c(nc(Cl)nc3N3CCN(C(=O)OCc4ccccc4)[C@@H](CC#N)C3)C2)c2cc(F)ccc2O1. The van der Waals surface area contributed by atoms with E-state index >= 15 is 0 Å². The lowest BCUT2D eigenvalue weighted by molar-refractivity contribution is 0.0768. The maximum Gasteiger partial charge on any atom is 0.410 e. The van der Waals surface area contributed by atoms with Crippen molar-refractivity contribution in [3.05, 3.63) is 76.5 Å². The molecular formula is C32H34ClFN6O3. The highest BCUT2D eigenvalue weighted by Gasteiger charge is 2.39. The molecule has 3 heterocycles. The summed E-state index contributed by atoms with van der Waals surface area (Å²) in [6.45, 7) is 6.21. The topological polar surface area (TPSA) is 94.8 Å². The summed E-state index contributed by atoms with van der Waals surface area (Å²) in [4.78, 5) is 28.3. The lowest BCUT2D eigenvalue weighted by Crippen LogP contribution is -2.56. The van der Waals surface area contributed by atoms with Crippen molar-refractivity contribution in [1.82, 2.24) is 14.9 Å². The van der Waals surface area contributed by atoms with Gasteiger partial charge in [-0.05, 0) is 56.0 Å². The first kappa shape index (κ1) is 29.0. The van der Waals surface area contributed by atoms with E-state index in [1.807, 2.05) is 44.2 Å². The van der Waals surface area contributed by atoms with Gasteiger partial charge in [0.25, 0.3) is 0 Å². The molecule has 0 unspecified atom stereocenters. The van der Waals surface area contributed by atoms with Crippen LogP contribution in [0.25, 0.3) is 0 Å². The summed E-state index contributed by atoms with van der Waals surface area (Å²) in [6.07, 6.45) is 1.91. The molecule has 1 amide bonds. The minimum atomic E-state index is -0.433. The fourth-order valence-electron chi connectivity index (χ4n) is 6.40. The molecule has 3 aromatic rings. The lowest BCUT2D eigenvalue weighted by Gasteiger charge is -2.46. The van der Waals surface area contributed by atoms with Gasteiger partial charge in [0.2, 0.25) is 5.28 Å². The van der Waals surface area contributed by atoms with Crippen LogP contribution in [0.1, 0.15) is 43.5 Å². The van der Waals surface area contributed by atoms with E-state index in [1.54, 1.807) is 11.0 Å². The Morgan fingerprint density at radius 1 is 1.21 bits per heavy atom. The predicted octanol–water partition coefficient (Wildman–Crippen LogP) is 5.55. The van der Waals surface area contributed by atoms with Gasteiger partial charge < -0.3 is 24.2 Å². The summed E-state index contributed by atoms with van der Waals surface area (Å²) >= 11 is 6.49. The van der Waals surface area contributed by atoms with Gasteiger partial charge in [0, 0.05) is 43.7 Å². The monoisotopic (exact) mass is 604 g/mol. The van der Waals surface area contributed by atoms with Crippen LogP contribution in [-0.4, -0.2) is 64.8 Å². The van der Waals surface area contributed by atoms with E-state index < -0.39 is 11.7 Å². The largest absolute Gasteiger partial charge is 0.484 e. The molecule has 3 aliphatic rings. The van der Waals surface area contributed by atoms with Gasteiger partial charge in [0.15, 0.2) is 0 Å². The Kier molecular flexibility index (Phi) is 8.01. The Morgan fingerprint density at radius 2 is 2.02 bits per heavy atom. The molecule has 9 nitrogen and oxygen atoms in total. The van der Waals surface area contributed by atoms with Gasteiger partial charge in [0.05, 0.1) is 36.5 Å². The summed E-state index contributed by atoms with van der Waals surface area (Å²) in [7, 11) is 0. The fraction of sp³-hybridized carbons (Fsp3) is 0.438. The summed E-state index contributed by atoms with van der Waals surface area (Å²) in [5.41, 5.74) is 3.12. The van der Waals surface area contributed by atoms with E-state index in [9.17, 15) is 14.4 Å². The number of benzene rings is 2. The molecule has 2 aliphatic heterocycles. The number of carbonyl (C=O) groups excluding carboxylic acids is 1. The minimum Gasteiger partial charge on any atom is -0.484 e. The van der Waals surface area contributed by atoms with E-state index in [1.165, 1.54) is 12.1 Å². The molecule has 0 spiro atoms. The number of carbonyl (C=O) groups is 1. The van der Waals surface area contributed by atoms with Crippen molar-refractivity contribution in [2.75, 3.05) is 36.0 Å². The Bertz CT molecular complexity index is 1550. The third-order valence-corrected chi connectivity index (χ3v) is 8.53. The zero-order valence-electron chi connectivity index (χ0n) is 24.3. The maximum atomic E-state index is 14.3. The van der Waals surface area contributed by atoms with E-state index in [2.05, 4.69) is 25.8 Å². The second kappa shape index (κ2) is 11.9. The molecule has 0 radical (unpaired) electrons. The molecule has 2 aromatic carbocycles. The number of nitrogens with zero attached hydrogens (tertiary/aromatic N) is 6. The van der Waals surface area contributed by atoms with Gasteiger partial charge in [-0.3, -0.25) is 0 Å². The Labute approximate surface area is 255 Å². The van der Waals surface area contributed by atoms with E-state index in [4.69, 9.17) is 21.1 Å². The van der Waals surface area contributed by atoms with Gasteiger partial charge in [-0.1, -0.05) is 30.3 Å². The van der Waals surface area contributed by atoms with Crippen molar-refractivity contribution in [2.24, 2.45) is 0 Å². The summed E-state index contributed by atoms with van der Waals surface area (Å²) in [5.74, 6) is 1.13. The van der Waals surface area contributed by atoms with Crippen molar-refractivity contribution >= 4 is 29.2 Å². The number of piperazine rings is 1. The molecule has 43 heavy (non-hydrogen) atoms. The molecule has 1 aliphatic carbocycles. The summed E-state index contributed by atoms with van der Waals surface area (Å²) < 4.78 is 26.0. The van der Waals surface area contributed by atoms with Gasteiger partial charge in [-0.2, -0.15) is 5.26 Å². The van der Waals surface area contributed by atoms with Crippen LogP contribution in [-0.2, 0) is 24.2 Å². The van der Waals surface area contributed by atoms with Crippen LogP contribution in [0.4, 0.5) is 20.7 Å². The van der Waals surface area contributed by atoms with Gasteiger partial charge in [-0.25, -0.2) is 19.2 Å². The van der Waals surface area contributed by atoms with Crippen molar-refractivity contribution < 1.29 is 18.7 Å². The van der Waals surface area contributed by atoms with E-state index in [0.29, 0.717) is 38.3 Å². The third kappa shape index (κ3) is 6.18. The Morgan fingerprint density at radius 3 is 2.81 bits per heavy atom. The second-order valence-corrected chi connectivity index (χ2v) is 12.3. The summed E-state index contributed by atoms with van der Waals surface area (Å²) in [6, 6.07) is 16.1. The highest BCUT2D eigenvalue weighted by molar-refractivity contribution is 6.28. The number of ether oxygens (including phenoxy) is 2.